The molecule has 1 N–H and O–H groups in total. The number of aromatic nitrogens is 3. The van der Waals surface area contributed by atoms with E-state index in [0.717, 1.165) is 27.9 Å². The maximum absolute atomic E-state index is 12.7. The van der Waals surface area contributed by atoms with Gasteiger partial charge in [0.25, 0.3) is 5.91 Å². The van der Waals surface area contributed by atoms with E-state index in [4.69, 9.17) is 0 Å². The average molecular weight is 294 g/mol. The number of pyridine rings is 1. The highest BCUT2D eigenvalue weighted by molar-refractivity contribution is 6.12. The fourth-order valence-electron chi connectivity index (χ4n) is 2.62. The highest BCUT2D eigenvalue weighted by atomic mass is 16.1. The predicted octanol–water partition coefficient (Wildman–Crippen LogP) is 3.15. The van der Waals surface area contributed by atoms with Gasteiger partial charge >= 0.3 is 0 Å². The van der Waals surface area contributed by atoms with Gasteiger partial charge in [0, 0.05) is 18.4 Å². The summed E-state index contributed by atoms with van der Waals surface area (Å²) in [7, 11) is 1.82. The van der Waals surface area contributed by atoms with Gasteiger partial charge in [0.1, 0.15) is 0 Å². The van der Waals surface area contributed by atoms with Crippen molar-refractivity contribution in [2.45, 2.75) is 20.8 Å². The lowest BCUT2D eigenvalue weighted by Crippen LogP contribution is -2.14. The first-order chi connectivity index (χ1) is 10.5. The quantitative estimate of drug-likeness (QED) is 0.790. The maximum Gasteiger partial charge on any atom is 0.256 e. The van der Waals surface area contributed by atoms with Crippen molar-refractivity contribution < 1.29 is 4.79 Å². The molecular weight excluding hydrogens is 276 g/mol. The Bertz CT molecular complexity index is 859. The van der Waals surface area contributed by atoms with Gasteiger partial charge in [-0.15, -0.1) is 0 Å². The number of fused-ring (bicyclic) bond motifs is 1. The van der Waals surface area contributed by atoms with Crippen LogP contribution in [0.15, 0.2) is 30.5 Å². The molecule has 22 heavy (non-hydrogen) atoms. The summed E-state index contributed by atoms with van der Waals surface area (Å²) in [5, 5.41) is 7.98. The zero-order chi connectivity index (χ0) is 15.9. The van der Waals surface area contributed by atoms with Crippen molar-refractivity contribution >= 4 is 22.6 Å². The molecule has 2 heterocycles. The lowest BCUT2D eigenvalue weighted by Gasteiger charge is -2.12. The Balaban J connectivity index is 2.06. The molecule has 0 aliphatic carbocycles. The van der Waals surface area contributed by atoms with Crippen LogP contribution in [0.2, 0.25) is 0 Å². The molecule has 0 saturated heterocycles. The minimum absolute atomic E-state index is 0.138. The Kier molecular flexibility index (Phi) is 3.41. The van der Waals surface area contributed by atoms with Crippen LogP contribution in [0.3, 0.4) is 0 Å². The van der Waals surface area contributed by atoms with Crippen LogP contribution >= 0.6 is 0 Å². The summed E-state index contributed by atoms with van der Waals surface area (Å²) in [6.07, 6.45) is 1.68. The van der Waals surface area contributed by atoms with Crippen LogP contribution in [0.4, 0.5) is 5.69 Å². The van der Waals surface area contributed by atoms with E-state index in [0.29, 0.717) is 11.2 Å². The number of aryl methyl sites for hydroxylation is 4. The SMILES string of the molecule is Cc1cc(C(=O)Nc2c(C)cccc2C)c2cnn(C)c2n1. The molecule has 2 aromatic heterocycles. The zero-order valence-electron chi connectivity index (χ0n) is 13.1. The first kappa shape index (κ1) is 14.3. The van der Waals surface area contributed by atoms with E-state index in [2.05, 4.69) is 15.4 Å². The lowest BCUT2D eigenvalue weighted by atomic mass is 10.1. The van der Waals surface area contributed by atoms with Crippen LogP contribution in [0, 0.1) is 20.8 Å². The summed E-state index contributed by atoms with van der Waals surface area (Å²) >= 11 is 0. The highest BCUT2D eigenvalue weighted by Gasteiger charge is 2.16. The number of nitrogens with zero attached hydrogens (tertiary/aromatic N) is 3. The molecule has 0 aliphatic heterocycles. The fraction of sp³-hybridized carbons (Fsp3) is 0.235. The largest absolute Gasteiger partial charge is 0.321 e. The monoisotopic (exact) mass is 294 g/mol. The number of para-hydroxylation sites is 1. The Labute approximate surface area is 129 Å². The molecule has 0 unspecified atom stereocenters. The van der Waals surface area contributed by atoms with Crippen molar-refractivity contribution in [3.05, 3.63) is 52.8 Å². The third kappa shape index (κ3) is 2.35. The summed E-state index contributed by atoms with van der Waals surface area (Å²) in [4.78, 5) is 17.2. The minimum atomic E-state index is -0.138. The highest BCUT2D eigenvalue weighted by Crippen LogP contribution is 2.23. The Morgan fingerprint density at radius 1 is 1.18 bits per heavy atom. The molecule has 0 fully saturated rings. The zero-order valence-corrected chi connectivity index (χ0v) is 13.1. The van der Waals surface area contributed by atoms with E-state index in [1.165, 1.54) is 0 Å². The average Bonchev–Trinajstić information content (AvgIpc) is 2.83. The molecule has 0 radical (unpaired) electrons. The number of anilines is 1. The molecule has 5 nitrogen and oxygen atoms in total. The van der Waals surface area contributed by atoms with Crippen LogP contribution in [-0.4, -0.2) is 20.7 Å². The van der Waals surface area contributed by atoms with Crippen molar-refractivity contribution in [2.75, 3.05) is 5.32 Å². The predicted molar refractivity (Wildman–Crippen MR) is 87.1 cm³/mol. The van der Waals surface area contributed by atoms with Crippen LogP contribution in [0.5, 0.6) is 0 Å². The van der Waals surface area contributed by atoms with Gasteiger partial charge in [-0.25, -0.2) is 4.98 Å². The van der Waals surface area contributed by atoms with E-state index >= 15 is 0 Å². The van der Waals surface area contributed by atoms with Crippen LogP contribution in [0.25, 0.3) is 11.0 Å². The molecule has 0 saturated carbocycles. The number of amides is 1. The van der Waals surface area contributed by atoms with E-state index < -0.39 is 0 Å². The Morgan fingerprint density at radius 2 is 1.86 bits per heavy atom. The maximum atomic E-state index is 12.7. The standard InChI is InChI=1S/C17H18N4O/c1-10-6-5-7-11(2)15(10)20-17(22)13-8-12(3)19-16-14(13)9-18-21(16)4/h5-9H,1-4H3,(H,20,22). The van der Waals surface area contributed by atoms with Crippen molar-refractivity contribution in [3.8, 4) is 0 Å². The second-order valence-electron chi connectivity index (χ2n) is 5.54. The summed E-state index contributed by atoms with van der Waals surface area (Å²) < 4.78 is 1.68. The number of hydrogen-bond acceptors (Lipinski definition) is 3. The Morgan fingerprint density at radius 3 is 2.55 bits per heavy atom. The molecule has 0 bridgehead atoms. The molecule has 0 spiro atoms. The third-order valence-corrected chi connectivity index (χ3v) is 3.80. The van der Waals surface area contributed by atoms with Crippen LogP contribution < -0.4 is 5.32 Å². The molecule has 1 amide bonds. The normalized spacial score (nSPS) is 10.9. The number of rotatable bonds is 2. The number of nitrogens with one attached hydrogen (secondary N) is 1. The van der Waals surface area contributed by atoms with Gasteiger partial charge < -0.3 is 5.32 Å². The van der Waals surface area contributed by atoms with E-state index in [1.807, 2.05) is 46.0 Å². The number of hydrogen-bond donors (Lipinski definition) is 1. The summed E-state index contributed by atoms with van der Waals surface area (Å²) in [6, 6.07) is 7.75. The van der Waals surface area contributed by atoms with Crippen molar-refractivity contribution in [1.82, 2.24) is 14.8 Å². The number of carbonyl (C=O) groups is 1. The van der Waals surface area contributed by atoms with Gasteiger partial charge in [-0.05, 0) is 38.0 Å². The molecule has 1 aromatic carbocycles. The molecule has 5 heteroatoms. The van der Waals surface area contributed by atoms with Gasteiger partial charge in [0.15, 0.2) is 5.65 Å². The van der Waals surface area contributed by atoms with Gasteiger partial charge in [0.2, 0.25) is 0 Å². The first-order valence-corrected chi connectivity index (χ1v) is 7.14. The third-order valence-electron chi connectivity index (χ3n) is 3.80. The van der Waals surface area contributed by atoms with Gasteiger partial charge in [0.05, 0.1) is 17.1 Å². The lowest BCUT2D eigenvalue weighted by molar-refractivity contribution is 0.102. The molecule has 112 valence electrons. The molecule has 3 aromatic rings. The van der Waals surface area contributed by atoms with E-state index in [9.17, 15) is 4.79 Å². The minimum Gasteiger partial charge on any atom is -0.321 e. The molecule has 0 aliphatic rings. The Hall–Kier alpha value is -2.69. The summed E-state index contributed by atoms with van der Waals surface area (Å²) in [6.45, 7) is 5.85. The van der Waals surface area contributed by atoms with Crippen molar-refractivity contribution in [3.63, 3.8) is 0 Å². The fourth-order valence-corrected chi connectivity index (χ4v) is 2.62. The topological polar surface area (TPSA) is 59.8 Å². The molecule has 3 rings (SSSR count). The van der Waals surface area contributed by atoms with E-state index in [-0.39, 0.29) is 5.91 Å². The van der Waals surface area contributed by atoms with Crippen LogP contribution in [0.1, 0.15) is 27.2 Å². The van der Waals surface area contributed by atoms with Gasteiger partial charge in [-0.3, -0.25) is 9.48 Å². The first-order valence-electron chi connectivity index (χ1n) is 7.14. The van der Waals surface area contributed by atoms with Gasteiger partial charge in [-0.1, -0.05) is 18.2 Å². The van der Waals surface area contributed by atoms with Gasteiger partial charge in [-0.2, -0.15) is 5.10 Å². The summed E-state index contributed by atoms with van der Waals surface area (Å²) in [5.74, 6) is -0.138. The second-order valence-corrected chi connectivity index (χ2v) is 5.54. The van der Waals surface area contributed by atoms with Crippen molar-refractivity contribution in [1.29, 1.82) is 0 Å². The van der Waals surface area contributed by atoms with Crippen LogP contribution in [-0.2, 0) is 7.05 Å². The second kappa shape index (κ2) is 5.26. The number of carbonyl (C=O) groups excluding carboxylic acids is 1. The van der Waals surface area contributed by atoms with Crippen molar-refractivity contribution in [2.24, 2.45) is 7.05 Å². The number of benzene rings is 1. The molecule has 0 atom stereocenters. The summed E-state index contributed by atoms with van der Waals surface area (Å²) in [5.41, 5.74) is 5.05. The van der Waals surface area contributed by atoms with E-state index in [1.54, 1.807) is 16.9 Å². The molecular formula is C17H18N4O. The smallest absolute Gasteiger partial charge is 0.256 e.